The summed E-state index contributed by atoms with van der Waals surface area (Å²) in [6.07, 6.45) is 0.0451. The molecule has 3 N–H and O–H groups in total. The molecule has 0 radical (unpaired) electrons. The first-order valence-corrected chi connectivity index (χ1v) is 7.94. The Balaban J connectivity index is 1.88. The Bertz CT molecular complexity index is 493. The molecule has 1 heterocycles. The lowest BCUT2D eigenvalue weighted by molar-refractivity contribution is 0.0990. The largest absolute Gasteiger partial charge is 0.391 e. The number of benzene rings is 1. The number of carbonyl (C=O) groups excluding carboxylic acids is 1. The second-order valence-electron chi connectivity index (χ2n) is 5.90. The molecule has 1 aliphatic heterocycles. The summed E-state index contributed by atoms with van der Waals surface area (Å²) in [5.41, 5.74) is 0.995. The lowest BCUT2D eigenvalue weighted by Crippen LogP contribution is -2.46. The number of amides is 2. The van der Waals surface area contributed by atoms with Crippen LogP contribution in [0, 0.1) is 5.92 Å². The first-order chi connectivity index (χ1) is 10.5. The Labute approximate surface area is 136 Å². The van der Waals surface area contributed by atoms with Gasteiger partial charge >= 0.3 is 6.03 Å². The third-order valence-corrected chi connectivity index (χ3v) is 4.10. The maximum atomic E-state index is 11.9. The van der Waals surface area contributed by atoms with Crippen LogP contribution in [-0.2, 0) is 4.74 Å². The Morgan fingerprint density at radius 1 is 1.41 bits per heavy atom. The summed E-state index contributed by atoms with van der Waals surface area (Å²) in [5, 5.41) is 16.0. The molecule has 0 aliphatic carbocycles. The van der Waals surface area contributed by atoms with Crippen molar-refractivity contribution in [2.45, 2.75) is 38.5 Å². The number of aliphatic hydroxyl groups is 1. The van der Waals surface area contributed by atoms with Crippen LogP contribution in [0.3, 0.4) is 0 Å². The molecule has 3 atom stereocenters. The van der Waals surface area contributed by atoms with Crippen molar-refractivity contribution in [2.75, 3.05) is 13.2 Å². The molecule has 122 valence electrons. The molecule has 1 aliphatic rings. The number of ether oxygens (including phenoxy) is 1. The zero-order valence-corrected chi connectivity index (χ0v) is 13.6. The lowest BCUT2D eigenvalue weighted by atomic mass is 10.0. The fourth-order valence-electron chi connectivity index (χ4n) is 2.37. The van der Waals surface area contributed by atoms with E-state index >= 15 is 0 Å². The number of aliphatic hydroxyl groups excluding tert-OH is 1. The minimum atomic E-state index is -0.544. The summed E-state index contributed by atoms with van der Waals surface area (Å²) in [7, 11) is 0. The van der Waals surface area contributed by atoms with Crippen molar-refractivity contribution >= 4 is 17.6 Å². The maximum Gasteiger partial charge on any atom is 0.315 e. The number of carbonyl (C=O) groups is 1. The highest BCUT2D eigenvalue weighted by molar-refractivity contribution is 6.30. The van der Waals surface area contributed by atoms with Crippen molar-refractivity contribution in [1.29, 1.82) is 0 Å². The van der Waals surface area contributed by atoms with Gasteiger partial charge < -0.3 is 20.5 Å². The van der Waals surface area contributed by atoms with Gasteiger partial charge in [-0.2, -0.15) is 0 Å². The minimum absolute atomic E-state index is 0.0858. The maximum absolute atomic E-state index is 11.9. The van der Waals surface area contributed by atoms with E-state index in [1.807, 2.05) is 38.1 Å². The summed E-state index contributed by atoms with van der Waals surface area (Å²) in [6, 6.07) is 7.08. The number of nitrogens with one attached hydrogen (secondary N) is 2. The van der Waals surface area contributed by atoms with Crippen molar-refractivity contribution in [3.8, 4) is 0 Å². The normalized spacial score (nSPS) is 22.6. The smallest absolute Gasteiger partial charge is 0.315 e. The fourth-order valence-corrected chi connectivity index (χ4v) is 2.50. The molecule has 2 amide bonds. The fraction of sp³-hybridized carbons (Fsp3) is 0.562. The van der Waals surface area contributed by atoms with Crippen molar-refractivity contribution in [1.82, 2.24) is 10.6 Å². The molecule has 1 fully saturated rings. The number of halogens is 1. The van der Waals surface area contributed by atoms with Gasteiger partial charge in [-0.1, -0.05) is 37.6 Å². The zero-order chi connectivity index (χ0) is 16.1. The van der Waals surface area contributed by atoms with Gasteiger partial charge in [0.1, 0.15) is 6.10 Å². The van der Waals surface area contributed by atoms with Crippen LogP contribution < -0.4 is 10.6 Å². The molecule has 0 bridgehead atoms. The lowest BCUT2D eigenvalue weighted by Gasteiger charge is -2.21. The molecule has 1 aromatic carbocycles. The molecule has 2 rings (SSSR count). The minimum Gasteiger partial charge on any atom is -0.391 e. The topological polar surface area (TPSA) is 70.6 Å². The van der Waals surface area contributed by atoms with Gasteiger partial charge in [-0.05, 0) is 30.0 Å². The van der Waals surface area contributed by atoms with E-state index in [1.165, 1.54) is 0 Å². The highest BCUT2D eigenvalue weighted by Crippen LogP contribution is 2.29. The highest BCUT2D eigenvalue weighted by Gasteiger charge is 2.30. The van der Waals surface area contributed by atoms with Gasteiger partial charge in [0.2, 0.25) is 0 Å². The van der Waals surface area contributed by atoms with Crippen LogP contribution in [0.1, 0.15) is 31.9 Å². The highest BCUT2D eigenvalue weighted by atomic mass is 35.5. The quantitative estimate of drug-likeness (QED) is 0.778. The van der Waals surface area contributed by atoms with E-state index in [9.17, 15) is 9.90 Å². The Hall–Kier alpha value is -1.30. The van der Waals surface area contributed by atoms with Gasteiger partial charge in [-0.3, -0.25) is 0 Å². The molecule has 1 saturated heterocycles. The van der Waals surface area contributed by atoms with Crippen molar-refractivity contribution in [2.24, 2.45) is 5.92 Å². The Morgan fingerprint density at radius 2 is 2.09 bits per heavy atom. The van der Waals surface area contributed by atoms with Crippen LogP contribution in [0.2, 0.25) is 5.02 Å². The molecule has 5 nitrogen and oxygen atoms in total. The van der Waals surface area contributed by atoms with Crippen LogP contribution in [0.25, 0.3) is 0 Å². The SMILES string of the molecule is CC(C)C(O)CNC(=O)NC1CCOC1c1ccc(Cl)cc1. The summed E-state index contributed by atoms with van der Waals surface area (Å²) >= 11 is 5.89. The third kappa shape index (κ3) is 4.60. The average Bonchev–Trinajstić information content (AvgIpc) is 2.93. The molecule has 0 aromatic heterocycles. The van der Waals surface area contributed by atoms with Gasteiger partial charge in [-0.15, -0.1) is 0 Å². The monoisotopic (exact) mass is 326 g/mol. The molecule has 6 heteroatoms. The Morgan fingerprint density at radius 3 is 2.73 bits per heavy atom. The molecular weight excluding hydrogens is 304 g/mol. The van der Waals surface area contributed by atoms with Crippen LogP contribution in [0.15, 0.2) is 24.3 Å². The summed E-state index contributed by atoms with van der Waals surface area (Å²) in [6.45, 7) is 4.66. The summed E-state index contributed by atoms with van der Waals surface area (Å²) < 4.78 is 5.72. The van der Waals surface area contributed by atoms with Crippen LogP contribution in [0.4, 0.5) is 4.79 Å². The van der Waals surface area contributed by atoms with Crippen LogP contribution in [-0.4, -0.2) is 36.4 Å². The van der Waals surface area contributed by atoms with E-state index in [1.54, 1.807) is 0 Å². The number of urea groups is 1. The zero-order valence-electron chi connectivity index (χ0n) is 12.9. The van der Waals surface area contributed by atoms with E-state index in [4.69, 9.17) is 16.3 Å². The number of hydrogen-bond acceptors (Lipinski definition) is 3. The number of rotatable bonds is 5. The Kier molecular flexibility index (Phi) is 6.06. The van der Waals surface area contributed by atoms with Crippen molar-refractivity contribution in [3.63, 3.8) is 0 Å². The third-order valence-electron chi connectivity index (χ3n) is 3.85. The van der Waals surface area contributed by atoms with E-state index in [-0.39, 0.29) is 30.6 Å². The van der Waals surface area contributed by atoms with E-state index in [2.05, 4.69) is 10.6 Å². The average molecular weight is 327 g/mol. The molecule has 0 saturated carbocycles. The number of hydrogen-bond donors (Lipinski definition) is 3. The van der Waals surface area contributed by atoms with Gasteiger partial charge in [0.25, 0.3) is 0 Å². The van der Waals surface area contributed by atoms with Crippen molar-refractivity contribution < 1.29 is 14.6 Å². The van der Waals surface area contributed by atoms with Gasteiger partial charge in [-0.25, -0.2) is 4.79 Å². The van der Waals surface area contributed by atoms with Crippen LogP contribution in [0.5, 0.6) is 0 Å². The predicted molar refractivity (Wildman–Crippen MR) is 85.9 cm³/mol. The molecule has 3 unspecified atom stereocenters. The van der Waals surface area contributed by atoms with Crippen molar-refractivity contribution in [3.05, 3.63) is 34.9 Å². The standard InChI is InChI=1S/C16H23ClN2O3/c1-10(2)14(20)9-18-16(21)19-13-7-8-22-15(13)11-3-5-12(17)6-4-11/h3-6,10,13-15,20H,7-9H2,1-2H3,(H2,18,19,21). The predicted octanol–water partition coefficient (Wildman–Crippen LogP) is 2.49. The van der Waals surface area contributed by atoms with Gasteiger partial charge in [0.05, 0.1) is 12.1 Å². The van der Waals surface area contributed by atoms with E-state index in [0.29, 0.717) is 11.6 Å². The first-order valence-electron chi connectivity index (χ1n) is 7.57. The van der Waals surface area contributed by atoms with Crippen LogP contribution >= 0.6 is 11.6 Å². The van der Waals surface area contributed by atoms with Gasteiger partial charge in [0.15, 0.2) is 0 Å². The second kappa shape index (κ2) is 7.81. The van der Waals surface area contributed by atoms with E-state index < -0.39 is 6.10 Å². The molecule has 0 spiro atoms. The summed E-state index contributed by atoms with van der Waals surface area (Å²) in [4.78, 5) is 11.9. The first kappa shape index (κ1) is 17.1. The molecule has 1 aromatic rings. The summed E-state index contributed by atoms with van der Waals surface area (Å²) in [5.74, 6) is 0.108. The van der Waals surface area contributed by atoms with Gasteiger partial charge in [0, 0.05) is 18.2 Å². The molecule has 22 heavy (non-hydrogen) atoms. The van der Waals surface area contributed by atoms with E-state index in [0.717, 1.165) is 12.0 Å². The molecular formula is C16H23ClN2O3. The second-order valence-corrected chi connectivity index (χ2v) is 6.34.